The first kappa shape index (κ1) is 15.1. The van der Waals surface area contributed by atoms with Crippen LogP contribution in [-0.2, 0) is 23.5 Å². The van der Waals surface area contributed by atoms with Gasteiger partial charge in [-0.15, -0.1) is 0 Å². The van der Waals surface area contributed by atoms with Crippen LogP contribution in [-0.4, -0.2) is 22.9 Å². The fourth-order valence-electron chi connectivity index (χ4n) is 1.21. The zero-order valence-corrected chi connectivity index (χ0v) is 10.0. The average Bonchev–Trinajstić information content (AvgIpc) is 2.92. The number of hydrogen-bond donors (Lipinski definition) is 2. The SMILES string of the molecule is OCC(O)C[c-]1cccc1.[Fe].[cH-]1[cH-][cH-][cH-][cH-]1. The van der Waals surface area contributed by atoms with Crippen molar-refractivity contribution >= 4 is 0 Å². The van der Waals surface area contributed by atoms with E-state index in [2.05, 4.69) is 0 Å². The van der Waals surface area contributed by atoms with Crippen LogP contribution in [0.5, 0.6) is 0 Å². The van der Waals surface area contributed by atoms with Gasteiger partial charge in [-0.25, -0.2) is 12.1 Å². The second kappa shape index (κ2) is 9.37. The molecule has 2 N–H and O–H groups in total. The molecular weight excluding hydrogens is 244 g/mol. The Hall–Kier alpha value is -0.861. The Balaban J connectivity index is 0.000000318. The second-order valence-corrected chi connectivity index (χ2v) is 3.30. The zero-order valence-electron chi connectivity index (χ0n) is 8.94. The van der Waals surface area contributed by atoms with E-state index in [0.29, 0.717) is 6.42 Å². The molecule has 2 aromatic carbocycles. The summed E-state index contributed by atoms with van der Waals surface area (Å²) in [7, 11) is 0. The van der Waals surface area contributed by atoms with Gasteiger partial charge in [-0.2, -0.15) is 17.7 Å². The largest absolute Gasteiger partial charge is 0.748 e. The minimum atomic E-state index is -0.609. The molecule has 0 radical (unpaired) electrons. The van der Waals surface area contributed by atoms with Gasteiger partial charge in [0.05, 0.1) is 12.7 Å². The molecule has 0 saturated heterocycles. The number of rotatable bonds is 3. The molecule has 0 spiro atoms. The van der Waals surface area contributed by atoms with Crippen LogP contribution in [0.2, 0.25) is 0 Å². The molecule has 2 rings (SSSR count). The zero-order chi connectivity index (χ0) is 10.9. The molecule has 0 aliphatic carbocycles. The summed E-state index contributed by atoms with van der Waals surface area (Å²) in [5, 5.41) is 17.5. The van der Waals surface area contributed by atoms with Gasteiger partial charge in [-0.1, -0.05) is 0 Å². The van der Waals surface area contributed by atoms with Crippen molar-refractivity contribution in [2.45, 2.75) is 12.5 Å². The molecule has 0 aliphatic rings. The van der Waals surface area contributed by atoms with Crippen molar-refractivity contribution in [2.75, 3.05) is 6.61 Å². The summed E-state index contributed by atoms with van der Waals surface area (Å²) in [5.41, 5.74) is 1.07. The van der Waals surface area contributed by atoms with Crippen LogP contribution < -0.4 is 0 Å². The maximum Gasteiger partial charge on any atom is 0.0707 e. The van der Waals surface area contributed by atoms with Gasteiger partial charge in [0.15, 0.2) is 0 Å². The molecule has 1 atom stereocenters. The van der Waals surface area contributed by atoms with Crippen molar-refractivity contribution in [3.63, 3.8) is 0 Å². The Labute approximate surface area is 107 Å². The third-order valence-corrected chi connectivity index (χ3v) is 1.97. The molecule has 0 aliphatic heterocycles. The molecule has 0 saturated carbocycles. The van der Waals surface area contributed by atoms with Crippen molar-refractivity contribution in [1.29, 1.82) is 0 Å². The van der Waals surface area contributed by atoms with Crippen molar-refractivity contribution in [1.82, 2.24) is 0 Å². The summed E-state index contributed by atoms with van der Waals surface area (Å²) in [6.07, 6.45) is -0.0638. The van der Waals surface area contributed by atoms with Crippen LogP contribution >= 0.6 is 0 Å². The molecule has 0 heterocycles. The maximum atomic E-state index is 8.98. The average molecular weight is 260 g/mol. The molecule has 94 valence electrons. The Kier molecular flexibility index (Phi) is 8.87. The summed E-state index contributed by atoms with van der Waals surface area (Å²) in [6.45, 7) is -0.162. The van der Waals surface area contributed by atoms with Crippen LogP contribution in [0.15, 0.2) is 54.6 Å². The van der Waals surface area contributed by atoms with Gasteiger partial charge >= 0.3 is 0 Å². The van der Waals surface area contributed by atoms with E-state index in [0.717, 1.165) is 5.56 Å². The predicted octanol–water partition coefficient (Wildman–Crippen LogP) is 1.70. The van der Waals surface area contributed by atoms with Gasteiger partial charge in [0.25, 0.3) is 0 Å². The van der Waals surface area contributed by atoms with E-state index >= 15 is 0 Å². The molecule has 0 fully saturated rings. The van der Waals surface area contributed by atoms with E-state index in [1.807, 2.05) is 54.6 Å². The Morgan fingerprint density at radius 2 is 1.44 bits per heavy atom. The smallest absolute Gasteiger partial charge is 0.0707 e. The van der Waals surface area contributed by atoms with Gasteiger partial charge < -0.3 is 40.5 Å². The van der Waals surface area contributed by atoms with E-state index in [1.54, 1.807) is 0 Å². The molecule has 2 nitrogen and oxygen atoms in total. The third kappa shape index (κ3) is 6.59. The van der Waals surface area contributed by atoms with E-state index in [1.165, 1.54) is 0 Å². The Morgan fingerprint density at radius 1 is 1.00 bits per heavy atom. The molecule has 2 aromatic rings. The van der Waals surface area contributed by atoms with E-state index in [4.69, 9.17) is 10.2 Å². The van der Waals surface area contributed by atoms with Gasteiger partial charge in [-0.3, -0.25) is 0 Å². The van der Waals surface area contributed by atoms with Crippen LogP contribution in [0.4, 0.5) is 0 Å². The number of aliphatic hydroxyl groups excluding tert-OH is 2. The minimum absolute atomic E-state index is 0. The van der Waals surface area contributed by atoms with Gasteiger partial charge in [0.2, 0.25) is 0 Å². The van der Waals surface area contributed by atoms with E-state index < -0.39 is 6.10 Å². The van der Waals surface area contributed by atoms with Gasteiger partial charge in [-0.05, 0) is 6.42 Å². The fourth-order valence-corrected chi connectivity index (χ4v) is 1.21. The molecule has 16 heavy (non-hydrogen) atoms. The normalized spacial score (nSPS) is 10.9. The molecule has 0 bridgehead atoms. The van der Waals surface area contributed by atoms with Crippen molar-refractivity contribution in [2.24, 2.45) is 0 Å². The fraction of sp³-hybridized carbons (Fsp3) is 0.231. The third-order valence-electron chi connectivity index (χ3n) is 1.97. The first-order chi connectivity index (χ1) is 7.33. The topological polar surface area (TPSA) is 40.5 Å². The molecule has 3 heteroatoms. The van der Waals surface area contributed by atoms with E-state index in [-0.39, 0.29) is 23.7 Å². The molecule has 0 aromatic heterocycles. The summed E-state index contributed by atoms with van der Waals surface area (Å²) in [5.74, 6) is 0. The van der Waals surface area contributed by atoms with Crippen LogP contribution in [0, 0.1) is 0 Å². The quantitative estimate of drug-likeness (QED) is 0.651. The predicted molar refractivity (Wildman–Crippen MR) is 60.9 cm³/mol. The first-order valence-corrected chi connectivity index (χ1v) is 4.99. The number of aliphatic hydroxyl groups is 2. The van der Waals surface area contributed by atoms with Gasteiger partial charge in [0, 0.05) is 17.1 Å². The standard InChI is InChI=1S/C8H11O2.C5H5.Fe/c9-6-8(10)5-7-3-1-2-4-7;1-2-4-5-3-1;/h1-4,8-10H,5-6H2;1-5H;/q-1;-5;. The summed E-state index contributed by atoms with van der Waals surface area (Å²) < 4.78 is 0. The molecular formula is C13H16FeO2-6. The Morgan fingerprint density at radius 3 is 1.81 bits per heavy atom. The van der Waals surface area contributed by atoms with Crippen LogP contribution in [0.1, 0.15) is 5.56 Å². The summed E-state index contributed by atoms with van der Waals surface area (Å²) in [6, 6.07) is 17.7. The summed E-state index contributed by atoms with van der Waals surface area (Å²) >= 11 is 0. The van der Waals surface area contributed by atoms with Gasteiger partial charge in [0.1, 0.15) is 0 Å². The van der Waals surface area contributed by atoms with Crippen LogP contribution in [0.25, 0.3) is 0 Å². The van der Waals surface area contributed by atoms with Crippen molar-refractivity contribution in [3.05, 3.63) is 60.2 Å². The summed E-state index contributed by atoms with van der Waals surface area (Å²) in [4.78, 5) is 0. The monoisotopic (exact) mass is 260 g/mol. The van der Waals surface area contributed by atoms with Crippen LogP contribution in [0.3, 0.4) is 0 Å². The second-order valence-electron chi connectivity index (χ2n) is 3.30. The van der Waals surface area contributed by atoms with Crippen molar-refractivity contribution < 1.29 is 27.3 Å². The molecule has 0 amide bonds. The maximum absolute atomic E-state index is 8.98. The first-order valence-electron chi connectivity index (χ1n) is 4.99. The number of hydrogen-bond acceptors (Lipinski definition) is 2. The Bertz CT molecular complexity index is 296. The van der Waals surface area contributed by atoms with E-state index in [9.17, 15) is 0 Å². The van der Waals surface area contributed by atoms with Crippen molar-refractivity contribution in [3.8, 4) is 0 Å². The minimum Gasteiger partial charge on any atom is -0.748 e. The molecule has 1 unspecified atom stereocenters.